The third kappa shape index (κ3) is 9.25. The fourth-order valence-corrected chi connectivity index (χ4v) is 1.26. The Kier molecular flexibility index (Phi) is 7.10. The average molecular weight is 218 g/mol. The minimum Gasteiger partial charge on any atom is -0.465 e. The Hall–Kier alpha value is -0.840. The van der Waals surface area contributed by atoms with E-state index < -0.39 is 5.97 Å². The van der Waals surface area contributed by atoms with Gasteiger partial charge in [0.1, 0.15) is 12.2 Å². The number of hydrogen-bond donors (Lipinski definition) is 0. The molecule has 0 aliphatic carbocycles. The zero-order chi connectivity index (χ0) is 11.0. The quantitative estimate of drug-likeness (QED) is 0.380. The van der Waals surface area contributed by atoms with E-state index in [4.69, 9.17) is 4.74 Å². The van der Waals surface area contributed by atoms with Crippen LogP contribution in [-0.4, -0.2) is 29.2 Å². The molecule has 4 nitrogen and oxygen atoms in total. The highest BCUT2D eigenvalue weighted by Gasteiger charge is 2.05. The summed E-state index contributed by atoms with van der Waals surface area (Å²) < 4.78 is 4.75. The van der Waals surface area contributed by atoms with Gasteiger partial charge in [0.25, 0.3) is 0 Å². The highest BCUT2D eigenvalue weighted by atomic mass is 32.2. The summed E-state index contributed by atoms with van der Waals surface area (Å²) in [6.07, 6.45) is 0.466. The summed E-state index contributed by atoms with van der Waals surface area (Å²) in [4.78, 5) is 31.8. The van der Waals surface area contributed by atoms with E-state index in [1.54, 1.807) is 0 Å². The zero-order valence-corrected chi connectivity index (χ0v) is 9.19. The highest BCUT2D eigenvalue weighted by Crippen LogP contribution is 2.03. The number of carbonyl (C=O) groups excluding carboxylic acids is 3. The monoisotopic (exact) mass is 218 g/mol. The number of carbonyl (C=O) groups is 3. The van der Waals surface area contributed by atoms with Crippen LogP contribution in [0.2, 0.25) is 0 Å². The average Bonchev–Trinajstić information content (AvgIpc) is 2.01. The maximum atomic E-state index is 10.8. The molecule has 0 spiro atoms. The van der Waals surface area contributed by atoms with Crippen LogP contribution >= 0.6 is 11.8 Å². The van der Waals surface area contributed by atoms with Crippen molar-refractivity contribution in [1.29, 1.82) is 0 Å². The van der Waals surface area contributed by atoms with Crippen LogP contribution in [0.3, 0.4) is 0 Å². The third-order valence-corrected chi connectivity index (χ3v) is 2.15. The largest absolute Gasteiger partial charge is 0.465 e. The van der Waals surface area contributed by atoms with Crippen molar-refractivity contribution in [1.82, 2.24) is 0 Å². The molecule has 80 valence electrons. The van der Waals surface area contributed by atoms with Gasteiger partial charge in [-0.15, -0.1) is 0 Å². The first-order valence-corrected chi connectivity index (χ1v) is 5.29. The van der Waals surface area contributed by atoms with Crippen molar-refractivity contribution in [3.8, 4) is 0 Å². The maximum absolute atomic E-state index is 10.8. The molecule has 0 amide bonds. The molecule has 0 bridgehead atoms. The molecule has 0 aliphatic rings. The lowest BCUT2D eigenvalue weighted by Crippen LogP contribution is -2.10. The van der Waals surface area contributed by atoms with Gasteiger partial charge in [-0.1, -0.05) is 11.8 Å². The first-order chi connectivity index (χ1) is 6.52. The van der Waals surface area contributed by atoms with E-state index in [1.807, 2.05) is 0 Å². The van der Waals surface area contributed by atoms with Gasteiger partial charge in [-0.2, -0.15) is 0 Å². The SMILES string of the molecule is CC(=O)CC(=O)OCCCSC(C)=O. The van der Waals surface area contributed by atoms with Crippen LogP contribution in [0.4, 0.5) is 0 Å². The molecular weight excluding hydrogens is 204 g/mol. The van der Waals surface area contributed by atoms with E-state index in [2.05, 4.69) is 0 Å². The first-order valence-electron chi connectivity index (χ1n) is 4.31. The molecule has 0 unspecified atom stereocenters. The molecule has 0 N–H and O–H groups in total. The van der Waals surface area contributed by atoms with Crippen molar-refractivity contribution in [2.24, 2.45) is 0 Å². The Balaban J connectivity index is 3.32. The van der Waals surface area contributed by atoms with Crippen molar-refractivity contribution >= 4 is 28.6 Å². The number of Topliss-reactive ketones (excluding diaryl/α,β-unsaturated/α-hetero) is 1. The van der Waals surface area contributed by atoms with Crippen molar-refractivity contribution in [2.45, 2.75) is 26.7 Å². The summed E-state index contributed by atoms with van der Waals surface area (Å²) in [5, 5.41) is 0.0556. The van der Waals surface area contributed by atoms with Gasteiger partial charge in [-0.25, -0.2) is 0 Å². The Labute approximate surface area is 87.4 Å². The second-order valence-corrected chi connectivity index (χ2v) is 4.06. The molecule has 0 aliphatic heterocycles. The smallest absolute Gasteiger partial charge is 0.313 e. The van der Waals surface area contributed by atoms with E-state index in [1.165, 1.54) is 25.6 Å². The van der Waals surface area contributed by atoms with E-state index in [0.29, 0.717) is 12.2 Å². The normalized spacial score (nSPS) is 9.57. The van der Waals surface area contributed by atoms with Crippen molar-refractivity contribution in [2.75, 3.05) is 12.4 Å². The Morgan fingerprint density at radius 2 is 1.86 bits per heavy atom. The van der Waals surface area contributed by atoms with Gasteiger partial charge in [-0.3, -0.25) is 14.4 Å². The van der Waals surface area contributed by atoms with Gasteiger partial charge in [0.2, 0.25) is 0 Å². The van der Waals surface area contributed by atoms with Crippen LogP contribution in [0.25, 0.3) is 0 Å². The van der Waals surface area contributed by atoms with Gasteiger partial charge < -0.3 is 4.74 Å². The second kappa shape index (κ2) is 7.55. The molecule has 0 radical (unpaired) electrons. The highest BCUT2D eigenvalue weighted by molar-refractivity contribution is 8.13. The van der Waals surface area contributed by atoms with Crippen molar-refractivity contribution in [3.05, 3.63) is 0 Å². The third-order valence-electron chi connectivity index (χ3n) is 1.25. The van der Waals surface area contributed by atoms with Crippen LogP contribution in [0.5, 0.6) is 0 Å². The Morgan fingerprint density at radius 3 is 2.36 bits per heavy atom. The second-order valence-electron chi connectivity index (χ2n) is 2.79. The zero-order valence-electron chi connectivity index (χ0n) is 8.37. The van der Waals surface area contributed by atoms with Crippen LogP contribution < -0.4 is 0 Å². The van der Waals surface area contributed by atoms with Gasteiger partial charge in [0.05, 0.1) is 6.61 Å². The Morgan fingerprint density at radius 1 is 1.21 bits per heavy atom. The molecule has 0 rings (SSSR count). The summed E-state index contributed by atoms with van der Waals surface area (Å²) in [6.45, 7) is 3.10. The van der Waals surface area contributed by atoms with Crippen molar-refractivity contribution in [3.63, 3.8) is 0 Å². The molecule has 0 saturated heterocycles. The van der Waals surface area contributed by atoms with Gasteiger partial charge in [-0.05, 0) is 13.3 Å². The van der Waals surface area contributed by atoms with Gasteiger partial charge in [0.15, 0.2) is 5.12 Å². The van der Waals surface area contributed by atoms with E-state index in [0.717, 1.165) is 0 Å². The summed E-state index contributed by atoms with van der Waals surface area (Å²) in [7, 11) is 0. The number of ether oxygens (including phenoxy) is 1. The molecule has 0 fully saturated rings. The number of ketones is 1. The fraction of sp³-hybridized carbons (Fsp3) is 0.667. The standard InChI is InChI=1S/C9H14O4S/c1-7(10)6-9(12)13-4-3-5-14-8(2)11/h3-6H2,1-2H3. The van der Waals surface area contributed by atoms with Crippen LogP contribution in [0.1, 0.15) is 26.7 Å². The summed E-state index contributed by atoms with van der Waals surface area (Å²) in [5.41, 5.74) is 0. The molecule has 0 saturated carbocycles. The molecule has 5 heteroatoms. The lowest BCUT2D eigenvalue weighted by Gasteiger charge is -2.01. The molecular formula is C9H14O4S. The number of rotatable bonds is 6. The van der Waals surface area contributed by atoms with Gasteiger partial charge in [0, 0.05) is 12.7 Å². The minimum absolute atomic E-state index is 0.0556. The number of hydrogen-bond acceptors (Lipinski definition) is 5. The summed E-state index contributed by atoms with van der Waals surface area (Å²) in [5.74, 6) is -0.0543. The van der Waals surface area contributed by atoms with E-state index in [-0.39, 0.29) is 23.9 Å². The summed E-state index contributed by atoms with van der Waals surface area (Å²) in [6, 6.07) is 0. The van der Waals surface area contributed by atoms with Crippen LogP contribution in [0, 0.1) is 0 Å². The number of esters is 1. The summed E-state index contributed by atoms with van der Waals surface area (Å²) >= 11 is 1.20. The Bertz CT molecular complexity index is 225. The van der Waals surface area contributed by atoms with Crippen LogP contribution in [-0.2, 0) is 19.1 Å². The van der Waals surface area contributed by atoms with Crippen LogP contribution in [0.15, 0.2) is 0 Å². The predicted molar refractivity (Wildman–Crippen MR) is 54.0 cm³/mol. The minimum atomic E-state index is -0.495. The topological polar surface area (TPSA) is 60.4 Å². The molecule has 14 heavy (non-hydrogen) atoms. The molecule has 0 aromatic rings. The fourth-order valence-electron chi connectivity index (χ4n) is 0.715. The van der Waals surface area contributed by atoms with E-state index >= 15 is 0 Å². The molecule has 0 aromatic carbocycles. The van der Waals surface area contributed by atoms with Gasteiger partial charge >= 0.3 is 5.97 Å². The lowest BCUT2D eigenvalue weighted by molar-refractivity contribution is -0.145. The van der Waals surface area contributed by atoms with E-state index in [9.17, 15) is 14.4 Å². The predicted octanol–water partition coefficient (Wildman–Crippen LogP) is 1.18. The lowest BCUT2D eigenvalue weighted by atomic mass is 10.3. The molecule has 0 heterocycles. The maximum Gasteiger partial charge on any atom is 0.313 e. The molecule has 0 aromatic heterocycles. The first kappa shape index (κ1) is 13.2. The van der Waals surface area contributed by atoms with Crippen molar-refractivity contribution < 1.29 is 19.1 Å². The molecule has 0 atom stereocenters. The number of thioether (sulfide) groups is 1.